The third-order valence-electron chi connectivity index (χ3n) is 6.40. The molecule has 14 heteroatoms. The van der Waals surface area contributed by atoms with Crippen LogP contribution in [0.25, 0.3) is 0 Å². The minimum Gasteiger partial charge on any atom is -0.455 e. The topological polar surface area (TPSA) is 208 Å². The molecule has 0 aromatic rings. The van der Waals surface area contributed by atoms with Crippen molar-refractivity contribution >= 4 is 17.9 Å². The largest absolute Gasteiger partial charge is 0.455 e. The van der Waals surface area contributed by atoms with Crippen LogP contribution < -0.4 is 0 Å². The molecular formula is C26H44O14. The number of aliphatic hydroxyl groups excluding tert-OH is 5. The van der Waals surface area contributed by atoms with Gasteiger partial charge < -0.3 is 54.0 Å². The highest BCUT2D eigenvalue weighted by Crippen LogP contribution is 2.38. The molecule has 5 N–H and O–H groups in total. The van der Waals surface area contributed by atoms with Crippen LogP contribution in [0, 0.1) is 17.8 Å². The van der Waals surface area contributed by atoms with Crippen LogP contribution in [-0.2, 0) is 42.8 Å². The summed E-state index contributed by atoms with van der Waals surface area (Å²) in [7, 11) is 0. The monoisotopic (exact) mass is 580 g/mol. The van der Waals surface area contributed by atoms with E-state index >= 15 is 0 Å². The van der Waals surface area contributed by atoms with Crippen LogP contribution in [0.4, 0.5) is 0 Å². The first-order valence-corrected chi connectivity index (χ1v) is 13.5. The summed E-state index contributed by atoms with van der Waals surface area (Å²) in [5.41, 5.74) is 0. The lowest BCUT2D eigenvalue weighted by molar-refractivity contribution is -0.384. The smallest absolute Gasteiger partial charge is 0.308 e. The molecule has 14 nitrogen and oxygen atoms in total. The van der Waals surface area contributed by atoms with E-state index in [0.29, 0.717) is 0 Å². The molecule has 2 aliphatic heterocycles. The third kappa shape index (κ3) is 8.32. The summed E-state index contributed by atoms with van der Waals surface area (Å²) in [6.07, 6.45) is -12.8. The Morgan fingerprint density at radius 2 is 1.30 bits per heavy atom. The number of carbonyl (C=O) groups excluding carboxylic acids is 3. The van der Waals surface area contributed by atoms with E-state index in [1.165, 1.54) is 0 Å². The summed E-state index contributed by atoms with van der Waals surface area (Å²) in [4.78, 5) is 38.2. The third-order valence-corrected chi connectivity index (χ3v) is 6.40. The van der Waals surface area contributed by atoms with Crippen LogP contribution in [0.3, 0.4) is 0 Å². The zero-order valence-corrected chi connectivity index (χ0v) is 23.8. The predicted octanol–water partition coefficient (Wildman–Crippen LogP) is -0.995. The van der Waals surface area contributed by atoms with Crippen LogP contribution in [-0.4, -0.2) is 118 Å². The van der Waals surface area contributed by atoms with Gasteiger partial charge in [0.25, 0.3) is 0 Å². The molecule has 1 unspecified atom stereocenters. The zero-order chi connectivity index (χ0) is 30.4. The molecule has 0 aliphatic carbocycles. The van der Waals surface area contributed by atoms with E-state index < -0.39 is 98.5 Å². The Bertz CT molecular complexity index is 847. The molecule has 0 radical (unpaired) electrons. The van der Waals surface area contributed by atoms with E-state index in [2.05, 4.69) is 0 Å². The molecular weight excluding hydrogens is 536 g/mol. The molecule has 2 rings (SSSR count). The van der Waals surface area contributed by atoms with Crippen LogP contribution in [0.1, 0.15) is 54.4 Å². The van der Waals surface area contributed by atoms with Crippen molar-refractivity contribution in [2.75, 3.05) is 19.8 Å². The molecule has 2 saturated heterocycles. The number of ether oxygens (including phenoxy) is 6. The molecule has 0 aromatic carbocycles. The maximum atomic E-state index is 12.8. The lowest BCUT2D eigenvalue weighted by Crippen LogP contribution is -2.65. The SMILES string of the molecule is CC(C)CC(=O)OC1[C@@H](OC(=O)CC(C)C)[C@@H](O[C@]2(CO)O[C@H](CO)[C@@H](O)[C@@H]2O)O[C@H](CO)[C@H]1OC(=O)C(C)C. The van der Waals surface area contributed by atoms with Crippen molar-refractivity contribution < 1.29 is 68.3 Å². The molecule has 0 spiro atoms. The summed E-state index contributed by atoms with van der Waals surface area (Å²) in [6.45, 7) is 7.68. The van der Waals surface area contributed by atoms with Crippen molar-refractivity contribution in [2.45, 2.75) is 109 Å². The number of esters is 3. The van der Waals surface area contributed by atoms with Gasteiger partial charge in [-0.2, -0.15) is 0 Å². The van der Waals surface area contributed by atoms with E-state index in [9.17, 15) is 39.9 Å². The second-order valence-corrected chi connectivity index (χ2v) is 11.2. The summed E-state index contributed by atoms with van der Waals surface area (Å²) >= 11 is 0. The average Bonchev–Trinajstić information content (AvgIpc) is 3.10. The zero-order valence-electron chi connectivity index (χ0n) is 23.8. The molecule has 0 amide bonds. The average molecular weight is 581 g/mol. The van der Waals surface area contributed by atoms with Crippen molar-refractivity contribution in [1.82, 2.24) is 0 Å². The molecule has 9 atom stereocenters. The molecule has 0 aromatic heterocycles. The van der Waals surface area contributed by atoms with Crippen LogP contribution in [0.5, 0.6) is 0 Å². The van der Waals surface area contributed by atoms with Crippen LogP contribution >= 0.6 is 0 Å². The standard InChI is InChI=1S/C26H44O14/c1-12(2)7-17(30)36-21-20(38-24(34)14(5)6)16(10-28)35-25(22(21)37-18(31)8-13(3)4)40-26(11-29)23(33)19(32)15(9-27)39-26/h12-16,19-23,25,27-29,32-33H,7-11H2,1-6H3/t15-,16-,19-,20-,21?,22-,23+,25-,26+/m1/s1. The van der Waals surface area contributed by atoms with Gasteiger partial charge in [-0.3, -0.25) is 14.4 Å². The predicted molar refractivity (Wildman–Crippen MR) is 134 cm³/mol. The highest BCUT2D eigenvalue weighted by molar-refractivity contribution is 5.73. The van der Waals surface area contributed by atoms with Gasteiger partial charge in [0.05, 0.1) is 19.1 Å². The lowest BCUT2D eigenvalue weighted by Gasteiger charge is -2.46. The number of rotatable bonds is 13. The van der Waals surface area contributed by atoms with E-state index in [1.807, 2.05) is 0 Å². The quantitative estimate of drug-likeness (QED) is 0.131. The van der Waals surface area contributed by atoms with Gasteiger partial charge in [-0.05, 0) is 11.8 Å². The maximum absolute atomic E-state index is 12.8. The molecule has 2 heterocycles. The summed E-state index contributed by atoms with van der Waals surface area (Å²) in [5, 5.41) is 50.8. The first-order valence-electron chi connectivity index (χ1n) is 13.5. The van der Waals surface area contributed by atoms with Gasteiger partial charge in [-0.25, -0.2) is 0 Å². The summed E-state index contributed by atoms with van der Waals surface area (Å²) < 4.78 is 34.0. The Balaban J connectivity index is 2.57. The number of aliphatic hydroxyl groups is 5. The Morgan fingerprint density at radius 1 is 0.775 bits per heavy atom. The molecule has 2 aliphatic rings. The maximum Gasteiger partial charge on any atom is 0.308 e. The summed E-state index contributed by atoms with van der Waals surface area (Å²) in [6, 6.07) is 0. The van der Waals surface area contributed by atoms with Crippen molar-refractivity contribution in [3.63, 3.8) is 0 Å². The van der Waals surface area contributed by atoms with E-state index in [1.54, 1.807) is 41.5 Å². The Kier molecular flexibility index (Phi) is 12.7. The van der Waals surface area contributed by atoms with Gasteiger partial charge in [0, 0.05) is 12.8 Å². The van der Waals surface area contributed by atoms with Gasteiger partial charge in [-0.15, -0.1) is 0 Å². The van der Waals surface area contributed by atoms with Gasteiger partial charge >= 0.3 is 17.9 Å². The van der Waals surface area contributed by atoms with Gasteiger partial charge in [0.15, 0.2) is 18.3 Å². The van der Waals surface area contributed by atoms with Crippen LogP contribution in [0.15, 0.2) is 0 Å². The molecule has 0 bridgehead atoms. The number of hydrogen-bond donors (Lipinski definition) is 5. The summed E-state index contributed by atoms with van der Waals surface area (Å²) in [5.74, 6) is -5.42. The van der Waals surface area contributed by atoms with E-state index in [4.69, 9.17) is 28.4 Å². The fraction of sp³-hybridized carbons (Fsp3) is 0.885. The minimum atomic E-state index is -2.37. The second-order valence-electron chi connectivity index (χ2n) is 11.2. The Labute approximate surface area is 233 Å². The fourth-order valence-electron chi connectivity index (χ4n) is 4.33. The van der Waals surface area contributed by atoms with Crippen molar-refractivity contribution in [3.05, 3.63) is 0 Å². The highest BCUT2D eigenvalue weighted by Gasteiger charge is 2.60. The van der Waals surface area contributed by atoms with Gasteiger partial charge in [0.1, 0.15) is 31.0 Å². The highest BCUT2D eigenvalue weighted by atomic mass is 16.8. The minimum absolute atomic E-state index is 0.0447. The first kappa shape index (κ1) is 34.3. The fourth-order valence-corrected chi connectivity index (χ4v) is 4.33. The lowest BCUT2D eigenvalue weighted by atomic mass is 9.97. The first-order chi connectivity index (χ1) is 18.7. The molecule has 2 fully saturated rings. The van der Waals surface area contributed by atoms with Crippen LogP contribution in [0.2, 0.25) is 0 Å². The van der Waals surface area contributed by atoms with E-state index in [0.717, 1.165) is 0 Å². The Hall–Kier alpha value is -1.91. The normalized spacial score (nSPS) is 34.4. The second kappa shape index (κ2) is 14.8. The van der Waals surface area contributed by atoms with Crippen molar-refractivity contribution in [3.8, 4) is 0 Å². The molecule has 40 heavy (non-hydrogen) atoms. The molecule has 0 saturated carbocycles. The number of hydrogen-bond acceptors (Lipinski definition) is 14. The van der Waals surface area contributed by atoms with Gasteiger partial charge in [0.2, 0.25) is 12.1 Å². The number of carbonyl (C=O) groups is 3. The van der Waals surface area contributed by atoms with E-state index in [-0.39, 0.29) is 24.7 Å². The molecule has 232 valence electrons. The Morgan fingerprint density at radius 3 is 1.73 bits per heavy atom. The van der Waals surface area contributed by atoms with Gasteiger partial charge in [-0.1, -0.05) is 41.5 Å². The van der Waals surface area contributed by atoms with Crippen molar-refractivity contribution in [2.24, 2.45) is 17.8 Å². The van der Waals surface area contributed by atoms with Crippen molar-refractivity contribution in [1.29, 1.82) is 0 Å².